The molecular formula is C20H23NO12. The Morgan fingerprint density at radius 2 is 1.48 bits per heavy atom. The van der Waals surface area contributed by atoms with Gasteiger partial charge in [0.15, 0.2) is 0 Å². The van der Waals surface area contributed by atoms with Crippen molar-refractivity contribution in [2.24, 2.45) is 5.92 Å². The van der Waals surface area contributed by atoms with Crippen LogP contribution < -0.4 is 4.74 Å². The van der Waals surface area contributed by atoms with Gasteiger partial charge in [-0.3, -0.25) is 24.5 Å². The van der Waals surface area contributed by atoms with Gasteiger partial charge in [-0.2, -0.15) is 0 Å². The maximum atomic E-state index is 12.0. The number of rotatable bonds is 7. The molecule has 0 saturated carbocycles. The number of carbonyl (C=O) groups is 4. The number of nitrogens with zero attached hydrogens (tertiary/aromatic N) is 1. The lowest BCUT2D eigenvalue weighted by Gasteiger charge is -2.43. The Balaban J connectivity index is 2.09. The van der Waals surface area contributed by atoms with Crippen LogP contribution in [0.25, 0.3) is 0 Å². The highest BCUT2D eigenvalue weighted by Crippen LogP contribution is 2.31. The first-order chi connectivity index (χ1) is 15.5. The van der Waals surface area contributed by atoms with Gasteiger partial charge in [0.1, 0.15) is 24.6 Å². The summed E-state index contributed by atoms with van der Waals surface area (Å²) in [5, 5.41) is 10.7. The molecule has 180 valence electrons. The summed E-state index contributed by atoms with van der Waals surface area (Å²) in [6.07, 6.45) is -5.80. The third-order valence-electron chi connectivity index (χ3n) is 4.51. The van der Waals surface area contributed by atoms with Gasteiger partial charge < -0.3 is 28.4 Å². The van der Waals surface area contributed by atoms with Gasteiger partial charge >= 0.3 is 24.1 Å². The van der Waals surface area contributed by atoms with E-state index in [2.05, 4.69) is 0 Å². The Hall–Kier alpha value is -3.74. The molecule has 0 aliphatic carbocycles. The zero-order valence-electron chi connectivity index (χ0n) is 18.2. The highest BCUT2D eigenvalue weighted by Gasteiger charge is 2.50. The van der Waals surface area contributed by atoms with E-state index in [1.165, 1.54) is 12.1 Å². The Bertz CT molecular complexity index is 899. The number of nitro groups is 1. The number of nitro benzene ring substituents is 1. The van der Waals surface area contributed by atoms with Crippen molar-refractivity contribution in [3.8, 4) is 5.75 Å². The van der Waals surface area contributed by atoms with Crippen LogP contribution in [-0.2, 0) is 38.1 Å². The standard InChI is InChI=1S/C20H23NO12/c1-10-16(9-28-20(25)32-15-7-5-14(6-8-15)21(26)27)33-19(31-13(4)24)18(30-12(3)23)17(10)29-11(2)22/h5-8,10,16-19H,9H2,1-4H3/t10-,16-,17+,18-,19+/m1/s1. The van der Waals surface area contributed by atoms with Crippen LogP contribution in [0.4, 0.5) is 10.5 Å². The predicted octanol–water partition coefficient (Wildman–Crippen LogP) is 1.90. The lowest BCUT2D eigenvalue weighted by atomic mass is 9.90. The molecule has 0 spiro atoms. The van der Waals surface area contributed by atoms with E-state index in [0.717, 1.165) is 32.9 Å². The van der Waals surface area contributed by atoms with Crippen molar-refractivity contribution in [3.63, 3.8) is 0 Å². The SMILES string of the molecule is CC(=O)O[C@H]1O[C@H](COC(=O)Oc2ccc([N+](=O)[O-])cc2)[C@@H](C)[C@H](OC(C)=O)[C@H]1OC(C)=O. The molecule has 1 aliphatic rings. The summed E-state index contributed by atoms with van der Waals surface area (Å²) >= 11 is 0. The van der Waals surface area contributed by atoms with E-state index in [-0.39, 0.29) is 11.4 Å². The lowest BCUT2D eigenvalue weighted by Crippen LogP contribution is -2.58. The van der Waals surface area contributed by atoms with E-state index < -0.39 is 66.1 Å². The van der Waals surface area contributed by atoms with Crippen molar-refractivity contribution in [1.29, 1.82) is 0 Å². The molecule has 0 amide bonds. The number of carbonyl (C=O) groups excluding carboxylic acids is 4. The maximum absolute atomic E-state index is 12.0. The second-order valence-electron chi connectivity index (χ2n) is 7.07. The average molecular weight is 469 g/mol. The topological polar surface area (TPSA) is 167 Å². The second-order valence-corrected chi connectivity index (χ2v) is 7.07. The minimum Gasteiger partial charge on any atom is -0.458 e. The number of hydrogen-bond acceptors (Lipinski definition) is 12. The van der Waals surface area contributed by atoms with Crippen molar-refractivity contribution in [3.05, 3.63) is 34.4 Å². The molecule has 1 saturated heterocycles. The summed E-state index contributed by atoms with van der Waals surface area (Å²) in [5.74, 6) is -2.78. The minimum absolute atomic E-state index is 0.00807. The predicted molar refractivity (Wildman–Crippen MR) is 106 cm³/mol. The van der Waals surface area contributed by atoms with Gasteiger partial charge in [-0.15, -0.1) is 0 Å². The van der Waals surface area contributed by atoms with Crippen LogP contribution >= 0.6 is 0 Å². The first-order valence-corrected chi connectivity index (χ1v) is 9.74. The first kappa shape index (κ1) is 25.5. The van der Waals surface area contributed by atoms with Crippen LogP contribution in [0, 0.1) is 16.0 Å². The van der Waals surface area contributed by atoms with Crippen LogP contribution in [0.1, 0.15) is 27.7 Å². The number of ether oxygens (including phenoxy) is 6. The summed E-state index contributed by atoms with van der Waals surface area (Å²) < 4.78 is 31.2. The molecule has 13 nitrogen and oxygen atoms in total. The second kappa shape index (κ2) is 11.2. The van der Waals surface area contributed by atoms with Crippen LogP contribution in [0.5, 0.6) is 5.75 Å². The molecule has 13 heteroatoms. The fourth-order valence-corrected chi connectivity index (χ4v) is 3.08. The maximum Gasteiger partial charge on any atom is 0.513 e. The van der Waals surface area contributed by atoms with E-state index in [4.69, 9.17) is 28.4 Å². The highest BCUT2D eigenvalue weighted by molar-refractivity contribution is 5.68. The van der Waals surface area contributed by atoms with Crippen molar-refractivity contribution >= 4 is 29.8 Å². The minimum atomic E-state index is -1.42. The summed E-state index contributed by atoms with van der Waals surface area (Å²) in [4.78, 5) is 56.7. The Kier molecular flexibility index (Phi) is 8.68. The molecule has 0 N–H and O–H groups in total. The molecule has 0 bridgehead atoms. The monoisotopic (exact) mass is 469 g/mol. The Labute approximate surface area is 188 Å². The van der Waals surface area contributed by atoms with Gasteiger partial charge in [0, 0.05) is 38.8 Å². The van der Waals surface area contributed by atoms with Crippen molar-refractivity contribution in [2.75, 3.05) is 6.61 Å². The van der Waals surface area contributed by atoms with Crippen molar-refractivity contribution in [2.45, 2.75) is 52.3 Å². The number of esters is 3. The average Bonchev–Trinajstić information content (AvgIpc) is 2.71. The largest absolute Gasteiger partial charge is 0.513 e. The van der Waals surface area contributed by atoms with Crippen LogP contribution in [0.2, 0.25) is 0 Å². The zero-order chi connectivity index (χ0) is 24.7. The fraction of sp³-hybridized carbons (Fsp3) is 0.500. The van der Waals surface area contributed by atoms with Gasteiger partial charge in [-0.05, 0) is 12.1 Å². The van der Waals surface area contributed by atoms with E-state index in [0.29, 0.717) is 0 Å². The number of benzene rings is 1. The zero-order valence-corrected chi connectivity index (χ0v) is 18.2. The molecule has 1 aromatic rings. The third kappa shape index (κ3) is 7.42. The fourth-order valence-electron chi connectivity index (χ4n) is 3.08. The number of hydrogen-bond donors (Lipinski definition) is 0. The summed E-state index contributed by atoms with van der Waals surface area (Å²) in [5.41, 5.74) is -0.185. The van der Waals surface area contributed by atoms with Gasteiger partial charge in [0.2, 0.25) is 12.4 Å². The van der Waals surface area contributed by atoms with Gasteiger partial charge in [0.25, 0.3) is 5.69 Å². The molecular weight excluding hydrogens is 446 g/mol. The van der Waals surface area contributed by atoms with E-state index in [9.17, 15) is 29.3 Å². The molecule has 5 atom stereocenters. The molecule has 1 aliphatic heterocycles. The van der Waals surface area contributed by atoms with Crippen LogP contribution in [0.15, 0.2) is 24.3 Å². The molecule has 2 rings (SSSR count). The van der Waals surface area contributed by atoms with Crippen molar-refractivity contribution < 1.29 is 52.5 Å². The highest BCUT2D eigenvalue weighted by atomic mass is 16.8. The Morgan fingerprint density at radius 3 is 2.00 bits per heavy atom. The number of non-ortho nitro benzene ring substituents is 1. The normalized spacial score (nSPS) is 24.2. The molecule has 33 heavy (non-hydrogen) atoms. The Morgan fingerprint density at radius 1 is 0.939 bits per heavy atom. The van der Waals surface area contributed by atoms with E-state index in [1.54, 1.807) is 6.92 Å². The van der Waals surface area contributed by atoms with Crippen molar-refractivity contribution in [1.82, 2.24) is 0 Å². The summed E-state index contributed by atoms with van der Waals surface area (Å²) in [6.45, 7) is 4.60. The van der Waals surface area contributed by atoms with E-state index >= 15 is 0 Å². The quantitative estimate of drug-likeness (QED) is 0.187. The summed E-state index contributed by atoms with van der Waals surface area (Å²) in [6, 6.07) is 4.74. The smallest absolute Gasteiger partial charge is 0.458 e. The van der Waals surface area contributed by atoms with Gasteiger partial charge in [-0.1, -0.05) is 6.92 Å². The lowest BCUT2D eigenvalue weighted by molar-refractivity contribution is -0.384. The van der Waals surface area contributed by atoms with E-state index in [1.807, 2.05) is 0 Å². The van der Waals surface area contributed by atoms with Crippen LogP contribution in [-0.4, -0.2) is 60.2 Å². The van der Waals surface area contributed by atoms with Gasteiger partial charge in [-0.25, -0.2) is 4.79 Å². The summed E-state index contributed by atoms with van der Waals surface area (Å²) in [7, 11) is 0. The van der Waals surface area contributed by atoms with Crippen LogP contribution in [0.3, 0.4) is 0 Å². The molecule has 1 aromatic carbocycles. The van der Waals surface area contributed by atoms with Gasteiger partial charge in [0.05, 0.1) is 4.92 Å². The first-order valence-electron chi connectivity index (χ1n) is 9.74. The molecule has 1 heterocycles. The third-order valence-corrected chi connectivity index (χ3v) is 4.51. The molecule has 0 aromatic heterocycles. The molecule has 1 fully saturated rings. The molecule has 0 radical (unpaired) electrons. The molecule has 0 unspecified atom stereocenters.